The van der Waals surface area contributed by atoms with Crippen LogP contribution in [-0.2, 0) is 0 Å². The van der Waals surface area contributed by atoms with E-state index in [1.54, 1.807) is 0 Å². The molecule has 0 aromatic carbocycles. The van der Waals surface area contributed by atoms with Gasteiger partial charge in [0, 0.05) is 13.1 Å². The van der Waals surface area contributed by atoms with Gasteiger partial charge in [-0.15, -0.1) is 0 Å². The molecule has 0 saturated carbocycles. The van der Waals surface area contributed by atoms with Crippen LogP contribution in [0.15, 0.2) is 15.1 Å². The fraction of sp³-hybridized carbons (Fsp3) is 0.500. The topological polar surface area (TPSA) is 16.1 Å². The van der Waals surface area contributed by atoms with E-state index in [2.05, 4.69) is 54.7 Å². The second-order valence-corrected chi connectivity index (χ2v) is 5.20. The van der Waals surface area contributed by atoms with Crippen molar-refractivity contribution in [2.24, 2.45) is 0 Å². The minimum absolute atomic E-state index is 0.894. The maximum Gasteiger partial charge on any atom is 0.132 e. The molecule has 4 heteroatoms. The molecule has 0 spiro atoms. The van der Waals surface area contributed by atoms with Crippen LogP contribution in [0.2, 0.25) is 0 Å². The Morgan fingerprint density at radius 1 is 1.29 bits per heavy atom. The summed E-state index contributed by atoms with van der Waals surface area (Å²) in [5.74, 6) is 1.12. The number of hydrogen-bond acceptors (Lipinski definition) is 2. The van der Waals surface area contributed by atoms with Gasteiger partial charge < -0.3 is 4.90 Å². The average Bonchev–Trinajstić information content (AvgIpc) is 2.64. The van der Waals surface area contributed by atoms with Crippen LogP contribution in [0.1, 0.15) is 18.4 Å². The number of rotatable bonds is 1. The molecule has 0 N–H and O–H groups in total. The first-order valence-corrected chi connectivity index (χ1v) is 6.34. The van der Waals surface area contributed by atoms with Gasteiger partial charge in [-0.2, -0.15) is 0 Å². The van der Waals surface area contributed by atoms with Crippen molar-refractivity contribution < 1.29 is 0 Å². The van der Waals surface area contributed by atoms with Gasteiger partial charge in [0.2, 0.25) is 0 Å². The third-order valence-electron chi connectivity index (χ3n) is 2.50. The summed E-state index contributed by atoms with van der Waals surface area (Å²) in [5.41, 5.74) is 1.24. The van der Waals surface area contributed by atoms with Gasteiger partial charge >= 0.3 is 0 Å². The molecule has 0 atom stereocenters. The van der Waals surface area contributed by atoms with Crippen molar-refractivity contribution in [2.45, 2.75) is 19.8 Å². The number of pyridine rings is 1. The van der Waals surface area contributed by atoms with Gasteiger partial charge in [-0.3, -0.25) is 0 Å². The van der Waals surface area contributed by atoms with Crippen molar-refractivity contribution in [1.82, 2.24) is 4.98 Å². The monoisotopic (exact) mass is 318 g/mol. The molecule has 1 aliphatic rings. The maximum atomic E-state index is 4.55. The Hall–Kier alpha value is -0.0900. The zero-order valence-electron chi connectivity index (χ0n) is 8.06. The first-order valence-electron chi connectivity index (χ1n) is 4.76. The molecule has 0 bridgehead atoms. The molecule has 1 saturated heterocycles. The molecule has 2 rings (SSSR count). The van der Waals surface area contributed by atoms with E-state index in [1.165, 1.54) is 18.4 Å². The van der Waals surface area contributed by atoms with E-state index in [4.69, 9.17) is 0 Å². The van der Waals surface area contributed by atoms with E-state index >= 15 is 0 Å². The Bertz CT molecular complexity index is 346. The molecule has 14 heavy (non-hydrogen) atoms. The Labute approximate surface area is 101 Å². The molecule has 0 radical (unpaired) electrons. The number of aromatic nitrogens is 1. The first kappa shape index (κ1) is 10.4. The van der Waals surface area contributed by atoms with Crippen molar-refractivity contribution in [2.75, 3.05) is 18.0 Å². The molecule has 0 aliphatic carbocycles. The molecular weight excluding hydrogens is 308 g/mol. The van der Waals surface area contributed by atoms with Crippen LogP contribution in [0.5, 0.6) is 0 Å². The molecule has 0 unspecified atom stereocenters. The molecule has 2 heterocycles. The van der Waals surface area contributed by atoms with Gasteiger partial charge in [-0.25, -0.2) is 4.98 Å². The van der Waals surface area contributed by atoms with Gasteiger partial charge in [-0.05, 0) is 63.3 Å². The lowest BCUT2D eigenvalue weighted by Gasteiger charge is -2.19. The van der Waals surface area contributed by atoms with Crippen LogP contribution in [-0.4, -0.2) is 18.1 Å². The maximum absolute atomic E-state index is 4.55. The van der Waals surface area contributed by atoms with Crippen LogP contribution >= 0.6 is 31.9 Å². The second-order valence-electron chi connectivity index (χ2n) is 3.60. The molecule has 1 aromatic rings. The van der Waals surface area contributed by atoms with E-state index in [0.29, 0.717) is 0 Å². The SMILES string of the molecule is Cc1cc(Br)c(Br)nc1N1CCCC1. The Balaban J connectivity index is 2.37. The van der Waals surface area contributed by atoms with Gasteiger partial charge in [0.15, 0.2) is 0 Å². The van der Waals surface area contributed by atoms with Crippen LogP contribution in [0.4, 0.5) is 5.82 Å². The van der Waals surface area contributed by atoms with Crippen molar-refractivity contribution in [3.63, 3.8) is 0 Å². The Morgan fingerprint density at radius 3 is 2.57 bits per heavy atom. The number of hydrogen-bond donors (Lipinski definition) is 0. The Morgan fingerprint density at radius 2 is 1.93 bits per heavy atom. The standard InChI is InChI=1S/C10H12Br2N2/c1-7-6-8(11)9(12)13-10(7)14-4-2-3-5-14/h6H,2-5H2,1H3. The summed E-state index contributed by atoms with van der Waals surface area (Å²) in [6.07, 6.45) is 2.57. The smallest absolute Gasteiger partial charge is 0.132 e. The van der Waals surface area contributed by atoms with E-state index in [-0.39, 0.29) is 0 Å². The molecular formula is C10H12Br2N2. The van der Waals surface area contributed by atoms with E-state index in [0.717, 1.165) is 28.0 Å². The number of halogens is 2. The number of aryl methyl sites for hydroxylation is 1. The molecule has 2 nitrogen and oxygen atoms in total. The van der Waals surface area contributed by atoms with E-state index in [1.807, 2.05) is 0 Å². The summed E-state index contributed by atoms with van der Waals surface area (Å²) >= 11 is 6.90. The third kappa shape index (κ3) is 1.96. The summed E-state index contributed by atoms with van der Waals surface area (Å²) in [4.78, 5) is 6.90. The zero-order valence-corrected chi connectivity index (χ0v) is 11.2. The normalized spacial score (nSPS) is 16.4. The molecule has 1 aromatic heterocycles. The summed E-state index contributed by atoms with van der Waals surface area (Å²) in [5, 5.41) is 0. The highest BCUT2D eigenvalue weighted by Gasteiger charge is 2.16. The lowest BCUT2D eigenvalue weighted by molar-refractivity contribution is 0.922. The molecule has 1 fully saturated rings. The average molecular weight is 320 g/mol. The van der Waals surface area contributed by atoms with Crippen molar-refractivity contribution in [3.05, 3.63) is 20.7 Å². The highest BCUT2D eigenvalue weighted by Crippen LogP contribution is 2.29. The van der Waals surface area contributed by atoms with Gasteiger partial charge in [0.25, 0.3) is 0 Å². The Kier molecular flexibility index (Phi) is 3.12. The van der Waals surface area contributed by atoms with Crippen LogP contribution in [0, 0.1) is 6.92 Å². The van der Waals surface area contributed by atoms with Crippen LogP contribution in [0.3, 0.4) is 0 Å². The number of anilines is 1. The fourth-order valence-electron chi connectivity index (χ4n) is 1.80. The third-order valence-corrected chi connectivity index (χ3v) is 4.24. The van der Waals surface area contributed by atoms with Crippen molar-refractivity contribution >= 4 is 37.7 Å². The van der Waals surface area contributed by atoms with E-state index in [9.17, 15) is 0 Å². The van der Waals surface area contributed by atoms with Crippen LogP contribution < -0.4 is 4.90 Å². The van der Waals surface area contributed by atoms with Gasteiger partial charge in [0.05, 0.1) is 4.47 Å². The molecule has 1 aliphatic heterocycles. The van der Waals surface area contributed by atoms with Crippen molar-refractivity contribution in [3.8, 4) is 0 Å². The highest BCUT2D eigenvalue weighted by molar-refractivity contribution is 9.13. The first-order chi connectivity index (χ1) is 6.68. The predicted octanol–water partition coefficient (Wildman–Crippen LogP) is 3.52. The lowest BCUT2D eigenvalue weighted by Crippen LogP contribution is -2.20. The number of nitrogens with zero attached hydrogens (tertiary/aromatic N) is 2. The molecule has 76 valence electrons. The van der Waals surface area contributed by atoms with Crippen LogP contribution in [0.25, 0.3) is 0 Å². The largest absolute Gasteiger partial charge is 0.356 e. The quantitative estimate of drug-likeness (QED) is 0.736. The minimum atomic E-state index is 0.894. The summed E-state index contributed by atoms with van der Waals surface area (Å²) < 4.78 is 1.92. The summed E-state index contributed by atoms with van der Waals surface area (Å²) in [6.45, 7) is 4.39. The highest BCUT2D eigenvalue weighted by atomic mass is 79.9. The van der Waals surface area contributed by atoms with E-state index < -0.39 is 0 Å². The lowest BCUT2D eigenvalue weighted by atomic mass is 10.3. The van der Waals surface area contributed by atoms with Crippen molar-refractivity contribution in [1.29, 1.82) is 0 Å². The minimum Gasteiger partial charge on any atom is -0.356 e. The van der Waals surface area contributed by atoms with Gasteiger partial charge in [0.1, 0.15) is 10.4 Å². The summed E-state index contributed by atoms with van der Waals surface area (Å²) in [7, 11) is 0. The zero-order chi connectivity index (χ0) is 10.1. The summed E-state index contributed by atoms with van der Waals surface area (Å²) in [6, 6.07) is 2.12. The predicted molar refractivity (Wildman–Crippen MR) is 65.8 cm³/mol. The fourth-order valence-corrected chi connectivity index (χ4v) is 2.51. The van der Waals surface area contributed by atoms with Gasteiger partial charge in [-0.1, -0.05) is 0 Å². The molecule has 0 amide bonds. The second kappa shape index (κ2) is 4.19.